The molecule has 0 atom stereocenters. The lowest BCUT2D eigenvalue weighted by atomic mass is 10.00. The number of hydrogen-bond acceptors (Lipinski definition) is 3. The van der Waals surface area contributed by atoms with Crippen LogP contribution in [0, 0.1) is 5.92 Å². The first-order chi connectivity index (χ1) is 10.1. The topological polar surface area (TPSA) is 48.1 Å². The highest BCUT2D eigenvalue weighted by molar-refractivity contribution is 14.0. The molecular formula is C16H34IN5. The Kier molecular flexibility index (Phi) is 9.66. The van der Waals surface area contributed by atoms with Crippen molar-refractivity contribution in [2.45, 2.75) is 32.6 Å². The molecule has 2 aliphatic heterocycles. The SMILES string of the molecule is CC1CCN(C(N)=NCCCN2CCCN(C)CC2)CC1.I. The lowest BCUT2D eigenvalue weighted by Crippen LogP contribution is -2.42. The third kappa shape index (κ3) is 7.00. The van der Waals surface area contributed by atoms with Crippen molar-refractivity contribution in [3.63, 3.8) is 0 Å². The lowest BCUT2D eigenvalue weighted by Gasteiger charge is -2.31. The van der Waals surface area contributed by atoms with Gasteiger partial charge in [-0.05, 0) is 58.3 Å². The Morgan fingerprint density at radius 3 is 2.55 bits per heavy atom. The van der Waals surface area contributed by atoms with E-state index < -0.39 is 0 Å². The number of nitrogens with zero attached hydrogens (tertiary/aromatic N) is 4. The summed E-state index contributed by atoms with van der Waals surface area (Å²) in [6, 6.07) is 0. The molecule has 5 nitrogen and oxygen atoms in total. The first kappa shape index (κ1) is 20.0. The molecule has 2 aliphatic rings. The molecule has 0 aromatic carbocycles. The summed E-state index contributed by atoms with van der Waals surface area (Å²) in [5.41, 5.74) is 6.11. The first-order valence-electron chi connectivity index (χ1n) is 8.61. The van der Waals surface area contributed by atoms with E-state index in [0.29, 0.717) is 0 Å². The molecule has 0 amide bonds. The highest BCUT2D eigenvalue weighted by Crippen LogP contribution is 2.15. The van der Waals surface area contributed by atoms with Crippen molar-refractivity contribution in [2.24, 2.45) is 16.6 Å². The van der Waals surface area contributed by atoms with Gasteiger partial charge in [-0.25, -0.2) is 0 Å². The van der Waals surface area contributed by atoms with E-state index in [2.05, 4.69) is 33.7 Å². The average molecular weight is 423 g/mol. The second kappa shape index (κ2) is 10.6. The monoisotopic (exact) mass is 423 g/mol. The maximum atomic E-state index is 6.11. The van der Waals surface area contributed by atoms with Gasteiger partial charge in [-0.2, -0.15) is 0 Å². The summed E-state index contributed by atoms with van der Waals surface area (Å²) >= 11 is 0. The van der Waals surface area contributed by atoms with Crippen LogP contribution in [0.4, 0.5) is 0 Å². The number of likely N-dealkylation sites (tertiary alicyclic amines) is 1. The number of aliphatic imine (C=N–C) groups is 1. The summed E-state index contributed by atoms with van der Waals surface area (Å²) in [5.74, 6) is 1.60. The highest BCUT2D eigenvalue weighted by atomic mass is 127. The van der Waals surface area contributed by atoms with Gasteiger partial charge in [0.05, 0.1) is 0 Å². The van der Waals surface area contributed by atoms with Crippen LogP contribution in [0.2, 0.25) is 0 Å². The van der Waals surface area contributed by atoms with Gasteiger partial charge in [0.25, 0.3) is 0 Å². The Bertz CT molecular complexity index is 328. The van der Waals surface area contributed by atoms with Crippen LogP contribution in [0.1, 0.15) is 32.6 Å². The number of piperidine rings is 1. The molecule has 22 heavy (non-hydrogen) atoms. The third-order valence-corrected chi connectivity index (χ3v) is 4.83. The van der Waals surface area contributed by atoms with Crippen molar-refractivity contribution in [3.8, 4) is 0 Å². The first-order valence-corrected chi connectivity index (χ1v) is 8.61. The van der Waals surface area contributed by atoms with Gasteiger partial charge in [0.15, 0.2) is 5.96 Å². The van der Waals surface area contributed by atoms with Crippen LogP contribution < -0.4 is 5.73 Å². The summed E-state index contributed by atoms with van der Waals surface area (Å²) in [6.07, 6.45) is 4.90. The van der Waals surface area contributed by atoms with E-state index in [0.717, 1.165) is 44.5 Å². The van der Waals surface area contributed by atoms with Crippen LogP contribution >= 0.6 is 24.0 Å². The van der Waals surface area contributed by atoms with E-state index in [9.17, 15) is 0 Å². The zero-order valence-corrected chi connectivity index (χ0v) is 16.7. The fraction of sp³-hybridized carbons (Fsp3) is 0.938. The number of likely N-dealkylation sites (N-methyl/N-ethyl adjacent to an activating group) is 1. The summed E-state index contributed by atoms with van der Waals surface area (Å²) in [4.78, 5) is 11.8. The van der Waals surface area contributed by atoms with E-state index in [1.165, 1.54) is 45.4 Å². The summed E-state index contributed by atoms with van der Waals surface area (Å²) < 4.78 is 0. The third-order valence-electron chi connectivity index (χ3n) is 4.83. The van der Waals surface area contributed by atoms with Crippen LogP contribution in [-0.2, 0) is 0 Å². The quantitative estimate of drug-likeness (QED) is 0.324. The molecule has 0 aliphatic carbocycles. The minimum absolute atomic E-state index is 0. The van der Waals surface area contributed by atoms with E-state index in [1.807, 2.05) is 0 Å². The molecule has 0 radical (unpaired) electrons. The zero-order valence-electron chi connectivity index (χ0n) is 14.3. The molecule has 0 unspecified atom stereocenters. The van der Waals surface area contributed by atoms with Crippen LogP contribution in [-0.4, -0.2) is 80.1 Å². The predicted octanol–water partition coefficient (Wildman–Crippen LogP) is 1.68. The van der Waals surface area contributed by atoms with Crippen LogP contribution in [0.15, 0.2) is 4.99 Å². The molecule has 130 valence electrons. The van der Waals surface area contributed by atoms with Gasteiger partial charge < -0.3 is 20.4 Å². The average Bonchev–Trinajstić information content (AvgIpc) is 2.69. The van der Waals surface area contributed by atoms with Crippen molar-refractivity contribution >= 4 is 29.9 Å². The smallest absolute Gasteiger partial charge is 0.191 e. The molecule has 2 heterocycles. The van der Waals surface area contributed by atoms with Crippen molar-refractivity contribution in [3.05, 3.63) is 0 Å². The lowest BCUT2D eigenvalue weighted by molar-refractivity contribution is 0.272. The van der Waals surface area contributed by atoms with E-state index >= 15 is 0 Å². The number of rotatable bonds is 4. The largest absolute Gasteiger partial charge is 0.370 e. The minimum atomic E-state index is 0. The van der Waals surface area contributed by atoms with Crippen LogP contribution in [0.5, 0.6) is 0 Å². The van der Waals surface area contributed by atoms with Crippen molar-refractivity contribution in [1.29, 1.82) is 0 Å². The zero-order chi connectivity index (χ0) is 15.1. The van der Waals surface area contributed by atoms with E-state index in [-0.39, 0.29) is 24.0 Å². The van der Waals surface area contributed by atoms with Crippen molar-refractivity contribution < 1.29 is 0 Å². The van der Waals surface area contributed by atoms with E-state index in [4.69, 9.17) is 5.73 Å². The molecular weight excluding hydrogens is 389 g/mol. The molecule has 6 heteroatoms. The summed E-state index contributed by atoms with van der Waals surface area (Å²) in [5, 5.41) is 0. The molecule has 0 bridgehead atoms. The maximum absolute atomic E-state index is 6.11. The molecule has 0 aromatic rings. The van der Waals surface area contributed by atoms with E-state index in [1.54, 1.807) is 0 Å². The molecule has 2 fully saturated rings. The fourth-order valence-electron chi connectivity index (χ4n) is 3.15. The normalized spacial score (nSPS) is 23.2. The Morgan fingerprint density at radius 2 is 1.82 bits per heavy atom. The van der Waals surface area contributed by atoms with Gasteiger partial charge in [-0.1, -0.05) is 6.92 Å². The van der Waals surface area contributed by atoms with Crippen molar-refractivity contribution in [1.82, 2.24) is 14.7 Å². The molecule has 0 spiro atoms. The standard InChI is InChI=1S/C16H33N5.HI/c1-15-5-11-21(12-6-15)16(17)18-7-3-9-20-10-4-8-19(2)13-14-20;/h15H,3-14H2,1-2H3,(H2,17,18);1H. The van der Waals surface area contributed by atoms with Gasteiger partial charge in [-0.3, -0.25) is 4.99 Å². The number of halogens is 1. The Hall–Kier alpha value is -0.0800. The Balaban J connectivity index is 0.00000242. The molecule has 0 saturated carbocycles. The summed E-state index contributed by atoms with van der Waals surface area (Å²) in [7, 11) is 2.22. The van der Waals surface area contributed by atoms with Gasteiger partial charge in [-0.15, -0.1) is 24.0 Å². The Labute approximate surface area is 153 Å². The fourth-order valence-corrected chi connectivity index (χ4v) is 3.15. The molecule has 2 N–H and O–H groups in total. The second-order valence-electron chi connectivity index (χ2n) is 6.76. The highest BCUT2D eigenvalue weighted by Gasteiger charge is 2.16. The summed E-state index contributed by atoms with van der Waals surface area (Å²) in [6.45, 7) is 11.3. The van der Waals surface area contributed by atoms with Gasteiger partial charge in [0.1, 0.15) is 0 Å². The minimum Gasteiger partial charge on any atom is -0.370 e. The van der Waals surface area contributed by atoms with Gasteiger partial charge in [0.2, 0.25) is 0 Å². The number of nitrogens with two attached hydrogens (primary N) is 1. The Morgan fingerprint density at radius 1 is 1.09 bits per heavy atom. The maximum Gasteiger partial charge on any atom is 0.191 e. The predicted molar refractivity (Wildman–Crippen MR) is 105 cm³/mol. The van der Waals surface area contributed by atoms with Crippen LogP contribution in [0.25, 0.3) is 0 Å². The molecule has 2 rings (SSSR count). The van der Waals surface area contributed by atoms with Gasteiger partial charge in [0, 0.05) is 32.7 Å². The van der Waals surface area contributed by atoms with Gasteiger partial charge >= 0.3 is 0 Å². The van der Waals surface area contributed by atoms with Crippen molar-refractivity contribution in [2.75, 3.05) is 59.4 Å². The number of hydrogen-bond donors (Lipinski definition) is 1. The molecule has 2 saturated heterocycles. The molecule has 0 aromatic heterocycles. The second-order valence-corrected chi connectivity index (χ2v) is 6.76. The van der Waals surface area contributed by atoms with Crippen LogP contribution in [0.3, 0.4) is 0 Å². The number of guanidine groups is 1.